The number of hydrogen-bond acceptors (Lipinski definition) is 7. The first-order chi connectivity index (χ1) is 6.11. The highest BCUT2D eigenvalue weighted by Gasteiger charge is 2.38. The van der Waals surface area contributed by atoms with E-state index in [2.05, 4.69) is 4.99 Å². The zero-order valence-corrected chi connectivity index (χ0v) is 6.70. The fraction of sp³-hybridized carbons (Fsp3) is 0.833. The van der Waals surface area contributed by atoms with Gasteiger partial charge in [0.2, 0.25) is 0 Å². The molecule has 13 heavy (non-hydrogen) atoms. The van der Waals surface area contributed by atoms with Gasteiger partial charge in [0.05, 0.1) is 6.61 Å². The van der Waals surface area contributed by atoms with Crippen LogP contribution >= 0.6 is 0 Å². The summed E-state index contributed by atoms with van der Waals surface area (Å²) < 4.78 is 0. The summed E-state index contributed by atoms with van der Waals surface area (Å²) in [6.45, 7) is -0.476. The fourth-order valence-corrected chi connectivity index (χ4v) is 1.15. The van der Waals surface area contributed by atoms with Crippen molar-refractivity contribution in [1.82, 2.24) is 5.48 Å². The van der Waals surface area contributed by atoms with Crippen molar-refractivity contribution in [2.75, 3.05) is 6.61 Å². The molecule has 1 aliphatic rings. The van der Waals surface area contributed by atoms with Gasteiger partial charge in [-0.1, -0.05) is 0 Å². The quantitative estimate of drug-likeness (QED) is 0.243. The highest BCUT2D eigenvalue weighted by atomic mass is 16.5. The Bertz CT molecular complexity index is 209. The summed E-state index contributed by atoms with van der Waals surface area (Å²) in [5.41, 5.74) is 1.59. The van der Waals surface area contributed by atoms with Crippen LogP contribution in [-0.4, -0.2) is 62.4 Å². The molecule has 0 aromatic heterocycles. The number of amidine groups is 1. The minimum atomic E-state index is -1.47. The Labute approximate surface area is 73.9 Å². The highest BCUT2D eigenvalue weighted by Crippen LogP contribution is 2.14. The van der Waals surface area contributed by atoms with Crippen LogP contribution in [-0.2, 0) is 0 Å². The van der Waals surface area contributed by atoms with E-state index in [0.29, 0.717) is 0 Å². The van der Waals surface area contributed by atoms with Gasteiger partial charge in [-0.3, -0.25) is 15.7 Å². The molecule has 0 spiro atoms. The standard InChI is InChI=1S/C6H12N2O5/c9-1-2-3(10)4(11)5(12)6(7-2)8-13/h2-5,9-13H,1H2,(H,7,8). The Morgan fingerprint density at radius 1 is 1.23 bits per heavy atom. The van der Waals surface area contributed by atoms with E-state index in [-0.39, 0.29) is 5.84 Å². The van der Waals surface area contributed by atoms with E-state index in [1.165, 1.54) is 0 Å². The number of rotatable bonds is 1. The topological polar surface area (TPSA) is 126 Å². The van der Waals surface area contributed by atoms with Crippen LogP contribution in [0.2, 0.25) is 0 Å². The van der Waals surface area contributed by atoms with Gasteiger partial charge >= 0.3 is 0 Å². The Kier molecular flexibility index (Phi) is 3.17. The van der Waals surface area contributed by atoms with Crippen molar-refractivity contribution >= 4 is 5.84 Å². The molecule has 4 unspecified atom stereocenters. The van der Waals surface area contributed by atoms with Gasteiger partial charge in [-0.25, -0.2) is 0 Å². The number of hydrogen-bond donors (Lipinski definition) is 6. The minimum absolute atomic E-state index is 0.267. The van der Waals surface area contributed by atoms with Crippen LogP contribution in [0.1, 0.15) is 0 Å². The molecule has 4 atom stereocenters. The predicted octanol–water partition coefficient (Wildman–Crippen LogP) is -3.18. The molecule has 0 aromatic carbocycles. The lowest BCUT2D eigenvalue weighted by atomic mass is 9.97. The largest absolute Gasteiger partial charge is 0.394 e. The third-order valence-electron chi connectivity index (χ3n) is 1.95. The van der Waals surface area contributed by atoms with Gasteiger partial charge in [0.15, 0.2) is 5.84 Å². The van der Waals surface area contributed by atoms with Gasteiger partial charge in [0.1, 0.15) is 24.4 Å². The first kappa shape index (κ1) is 10.4. The van der Waals surface area contributed by atoms with E-state index in [4.69, 9.17) is 10.3 Å². The van der Waals surface area contributed by atoms with Gasteiger partial charge in [0, 0.05) is 0 Å². The van der Waals surface area contributed by atoms with Crippen molar-refractivity contribution in [2.24, 2.45) is 4.99 Å². The summed E-state index contributed by atoms with van der Waals surface area (Å²) in [7, 11) is 0. The first-order valence-electron chi connectivity index (χ1n) is 3.74. The second-order valence-electron chi connectivity index (χ2n) is 2.80. The molecule has 76 valence electrons. The number of nitrogens with one attached hydrogen (secondary N) is 1. The molecule has 0 saturated carbocycles. The molecule has 0 radical (unpaired) electrons. The third-order valence-corrected chi connectivity index (χ3v) is 1.95. The lowest BCUT2D eigenvalue weighted by Crippen LogP contribution is -2.55. The molecule has 0 aromatic rings. The summed E-state index contributed by atoms with van der Waals surface area (Å²) in [6, 6.07) is -0.937. The van der Waals surface area contributed by atoms with Gasteiger partial charge in [0.25, 0.3) is 0 Å². The number of aliphatic hydroxyl groups excluding tert-OH is 4. The normalized spacial score (nSPS) is 39.9. The average Bonchev–Trinajstić information content (AvgIpc) is 2.15. The van der Waals surface area contributed by atoms with E-state index in [9.17, 15) is 15.3 Å². The maximum absolute atomic E-state index is 9.23. The molecule has 0 aliphatic carbocycles. The molecule has 1 rings (SSSR count). The lowest BCUT2D eigenvalue weighted by Gasteiger charge is -2.31. The Morgan fingerprint density at radius 3 is 2.31 bits per heavy atom. The first-order valence-corrected chi connectivity index (χ1v) is 3.74. The van der Waals surface area contributed by atoms with Crippen molar-refractivity contribution in [3.63, 3.8) is 0 Å². The second-order valence-corrected chi connectivity index (χ2v) is 2.80. The van der Waals surface area contributed by atoms with E-state index in [0.717, 1.165) is 0 Å². The lowest BCUT2D eigenvalue weighted by molar-refractivity contribution is -0.0622. The number of hydroxylamine groups is 1. The third kappa shape index (κ3) is 1.79. The second kappa shape index (κ2) is 3.99. The molecule has 1 heterocycles. The van der Waals surface area contributed by atoms with Crippen molar-refractivity contribution in [3.8, 4) is 0 Å². The molecule has 7 nitrogen and oxygen atoms in total. The summed E-state index contributed by atoms with van der Waals surface area (Å²) in [5, 5.41) is 44.8. The average molecular weight is 192 g/mol. The molecular weight excluding hydrogens is 180 g/mol. The van der Waals surface area contributed by atoms with Crippen LogP contribution in [0.4, 0.5) is 0 Å². The van der Waals surface area contributed by atoms with Crippen molar-refractivity contribution < 1.29 is 25.6 Å². The number of nitrogens with zero attached hydrogens (tertiary/aromatic N) is 1. The molecule has 0 amide bonds. The Balaban J connectivity index is 2.86. The van der Waals surface area contributed by atoms with Crippen molar-refractivity contribution in [2.45, 2.75) is 24.4 Å². The maximum atomic E-state index is 9.23. The molecular formula is C6H12N2O5. The Hall–Kier alpha value is -0.730. The van der Waals surface area contributed by atoms with Crippen LogP contribution in [0.15, 0.2) is 4.99 Å². The number of aliphatic imine (C=N–C) groups is 1. The Morgan fingerprint density at radius 2 is 1.85 bits per heavy atom. The monoisotopic (exact) mass is 192 g/mol. The molecule has 0 bridgehead atoms. The SMILES string of the molecule is OCC1N=C(NO)C(O)C(O)C1O. The van der Waals surface area contributed by atoms with Crippen LogP contribution in [0, 0.1) is 0 Å². The zero-order chi connectivity index (χ0) is 10.0. The minimum Gasteiger partial charge on any atom is -0.394 e. The van der Waals surface area contributed by atoms with Crippen LogP contribution in [0.5, 0.6) is 0 Å². The highest BCUT2D eigenvalue weighted by molar-refractivity contribution is 5.87. The van der Waals surface area contributed by atoms with E-state index in [1.54, 1.807) is 5.48 Å². The van der Waals surface area contributed by atoms with Gasteiger partial charge in [-0.15, -0.1) is 0 Å². The van der Waals surface area contributed by atoms with E-state index < -0.39 is 31.0 Å². The van der Waals surface area contributed by atoms with Crippen LogP contribution < -0.4 is 5.48 Å². The van der Waals surface area contributed by atoms with E-state index in [1.807, 2.05) is 0 Å². The van der Waals surface area contributed by atoms with Gasteiger partial charge in [-0.05, 0) is 0 Å². The van der Waals surface area contributed by atoms with Crippen molar-refractivity contribution in [1.29, 1.82) is 0 Å². The van der Waals surface area contributed by atoms with E-state index >= 15 is 0 Å². The van der Waals surface area contributed by atoms with Crippen LogP contribution in [0.3, 0.4) is 0 Å². The smallest absolute Gasteiger partial charge is 0.153 e. The zero-order valence-electron chi connectivity index (χ0n) is 6.70. The summed E-state index contributed by atoms with van der Waals surface area (Å²) >= 11 is 0. The predicted molar refractivity (Wildman–Crippen MR) is 41.3 cm³/mol. The molecule has 0 fully saturated rings. The van der Waals surface area contributed by atoms with Gasteiger partial charge < -0.3 is 20.4 Å². The molecule has 6 N–H and O–H groups in total. The maximum Gasteiger partial charge on any atom is 0.153 e. The fourth-order valence-electron chi connectivity index (χ4n) is 1.15. The summed E-state index contributed by atoms with van der Waals surface area (Å²) in [5.74, 6) is -0.267. The molecule has 0 saturated heterocycles. The van der Waals surface area contributed by atoms with Crippen molar-refractivity contribution in [3.05, 3.63) is 0 Å². The van der Waals surface area contributed by atoms with Crippen LogP contribution in [0.25, 0.3) is 0 Å². The van der Waals surface area contributed by atoms with Gasteiger partial charge in [-0.2, -0.15) is 0 Å². The summed E-state index contributed by atoms with van der Waals surface area (Å²) in [6.07, 6.45) is -4.27. The molecule has 7 heteroatoms. The number of aliphatic hydroxyl groups is 4. The molecule has 1 aliphatic heterocycles. The summed E-state index contributed by atoms with van der Waals surface area (Å²) in [4.78, 5) is 3.58.